The molecular weight excluding hydrogens is 753 g/mol. The van der Waals surface area contributed by atoms with Crippen molar-refractivity contribution >= 4 is 56.0 Å². The summed E-state index contributed by atoms with van der Waals surface area (Å²) in [6.45, 7) is 14.1. The van der Waals surface area contributed by atoms with Gasteiger partial charge in [-0.3, -0.25) is 19.2 Å². The Balaban J connectivity index is 1.75. The third kappa shape index (κ3) is 10.9. The smallest absolute Gasteiger partial charge is 0.255 e. The summed E-state index contributed by atoms with van der Waals surface area (Å²) in [6, 6.07) is 0. The molecule has 18 heteroatoms. The maximum absolute atomic E-state index is 12.7. The molecule has 16 nitrogen and oxygen atoms in total. The first-order chi connectivity index (χ1) is 25.7. The van der Waals surface area contributed by atoms with Crippen LogP contribution in [0.1, 0.15) is 71.7 Å². The van der Waals surface area contributed by atoms with Crippen molar-refractivity contribution in [1.82, 2.24) is 31.2 Å². The molecule has 296 valence electrons. The van der Waals surface area contributed by atoms with Gasteiger partial charge in [-0.15, -0.1) is 0 Å². The maximum atomic E-state index is 12.7. The standard InChI is InChI=1S/C37H46N6O10S2/c1-7-24-23(6)36(46)43-31(24)18-29-22(5)27(10-12-35(45)39-14-16-55(51,52)53)33(41-29)19-32-26(9-11-34(44)38-13-15-54(48,49)50)21(4)28(40-32)17-30-20(3)25(8-2)37(47)42-30/h7-8,17-18,40-41H,1-2,9-16,19H2,3-6H3,(H,38,44)(H,39,45)(H,42,47)(H,43,46)(H,48,49,50)(H,51,52,53)/p-2/b30-17+,31-18+. The largest absolute Gasteiger partial charge is 0.748 e. The van der Waals surface area contributed by atoms with Crippen LogP contribution in [0.15, 0.2) is 59.0 Å². The van der Waals surface area contributed by atoms with Crippen LogP contribution in [0, 0.1) is 13.8 Å². The molecule has 4 amide bonds. The number of H-pyrrole nitrogens is 2. The fourth-order valence-corrected chi connectivity index (χ4v) is 7.14. The van der Waals surface area contributed by atoms with Crippen molar-refractivity contribution in [3.8, 4) is 0 Å². The molecule has 2 aliphatic heterocycles. The Bertz CT molecular complexity index is 2300. The van der Waals surface area contributed by atoms with E-state index in [0.717, 1.165) is 22.3 Å². The van der Waals surface area contributed by atoms with E-state index in [2.05, 4.69) is 44.4 Å². The van der Waals surface area contributed by atoms with Crippen LogP contribution in [0.4, 0.5) is 0 Å². The quantitative estimate of drug-likeness (QED) is 0.119. The molecule has 0 bridgehead atoms. The number of allylic oxidation sites excluding steroid dienone is 2. The normalized spacial score (nSPS) is 16.3. The van der Waals surface area contributed by atoms with Gasteiger partial charge in [0.1, 0.15) is 0 Å². The molecule has 0 spiro atoms. The van der Waals surface area contributed by atoms with E-state index >= 15 is 0 Å². The van der Waals surface area contributed by atoms with Crippen LogP contribution in [0.2, 0.25) is 0 Å². The van der Waals surface area contributed by atoms with Crippen LogP contribution >= 0.6 is 0 Å². The zero-order chi connectivity index (χ0) is 40.8. The summed E-state index contributed by atoms with van der Waals surface area (Å²) in [5, 5.41) is 10.6. The van der Waals surface area contributed by atoms with Crippen molar-refractivity contribution in [1.29, 1.82) is 0 Å². The molecule has 0 aromatic carbocycles. The van der Waals surface area contributed by atoms with E-state index in [1.165, 1.54) is 6.08 Å². The molecule has 2 aromatic rings. The SMILES string of the molecule is C=CC1=C(C)/C(=C\c2[nH]c(Cc3[nH]c(/C=C4/NC(=O)C(C)=C4C=C)c(C)c3CCC(=O)NCCS(=O)(=O)[O-])c(CCC(=O)NCCS(=O)(=O)[O-])c2C)NC1=O. The van der Waals surface area contributed by atoms with Crippen molar-refractivity contribution in [3.63, 3.8) is 0 Å². The summed E-state index contributed by atoms with van der Waals surface area (Å²) < 4.78 is 66.1. The monoisotopic (exact) mass is 796 g/mol. The molecular formula is C37H44N6O10S2-2. The second-order valence-electron chi connectivity index (χ2n) is 13.2. The summed E-state index contributed by atoms with van der Waals surface area (Å²) in [7, 11) is -9.03. The Kier molecular flexibility index (Phi) is 13.5. The Morgan fingerprint density at radius 2 is 1.11 bits per heavy atom. The van der Waals surface area contributed by atoms with Gasteiger partial charge in [0.2, 0.25) is 11.8 Å². The van der Waals surface area contributed by atoms with E-state index in [4.69, 9.17) is 0 Å². The van der Waals surface area contributed by atoms with Crippen LogP contribution in [-0.2, 0) is 58.7 Å². The van der Waals surface area contributed by atoms with E-state index in [1.807, 2.05) is 13.8 Å². The predicted octanol–water partition coefficient (Wildman–Crippen LogP) is 1.68. The lowest BCUT2D eigenvalue weighted by atomic mass is 9.98. The van der Waals surface area contributed by atoms with Crippen molar-refractivity contribution in [2.75, 3.05) is 24.6 Å². The van der Waals surface area contributed by atoms with Crippen LogP contribution in [-0.4, -0.2) is 84.1 Å². The van der Waals surface area contributed by atoms with Crippen LogP contribution in [0.5, 0.6) is 0 Å². The lowest BCUT2D eigenvalue weighted by molar-refractivity contribution is -0.121. The van der Waals surface area contributed by atoms with Gasteiger partial charge in [-0.25, -0.2) is 16.8 Å². The van der Waals surface area contributed by atoms with Gasteiger partial charge in [0.05, 0.1) is 37.4 Å². The highest BCUT2D eigenvalue weighted by Gasteiger charge is 2.26. The number of hydrogen-bond acceptors (Lipinski definition) is 10. The molecule has 0 aliphatic carbocycles. The summed E-state index contributed by atoms with van der Waals surface area (Å²) >= 11 is 0. The third-order valence-corrected chi connectivity index (χ3v) is 10.9. The minimum atomic E-state index is -4.52. The Labute approximate surface area is 319 Å². The van der Waals surface area contributed by atoms with Crippen molar-refractivity contribution < 1.29 is 45.1 Å². The van der Waals surface area contributed by atoms with E-state index in [1.54, 1.807) is 32.1 Å². The molecule has 0 atom stereocenters. The average molecular weight is 797 g/mol. The molecule has 6 N–H and O–H groups in total. The van der Waals surface area contributed by atoms with E-state index in [9.17, 15) is 45.1 Å². The fourth-order valence-electron chi connectivity index (χ4n) is 6.43. The van der Waals surface area contributed by atoms with Gasteiger partial charge in [-0.1, -0.05) is 25.3 Å². The van der Waals surface area contributed by atoms with E-state index in [-0.39, 0.29) is 57.0 Å². The number of carbonyl (C=O) groups excluding carboxylic acids is 4. The van der Waals surface area contributed by atoms with Crippen LogP contribution < -0.4 is 21.3 Å². The van der Waals surface area contributed by atoms with Gasteiger partial charge < -0.3 is 40.3 Å². The predicted molar refractivity (Wildman–Crippen MR) is 204 cm³/mol. The van der Waals surface area contributed by atoms with Crippen LogP contribution in [0.25, 0.3) is 12.2 Å². The van der Waals surface area contributed by atoms with Gasteiger partial charge in [0.15, 0.2) is 0 Å². The summed E-state index contributed by atoms with van der Waals surface area (Å²) in [5.74, 6) is -2.98. The number of hydrogen-bond donors (Lipinski definition) is 6. The summed E-state index contributed by atoms with van der Waals surface area (Å²) in [5.41, 5.74) is 9.07. The lowest BCUT2D eigenvalue weighted by Gasteiger charge is -2.10. The highest BCUT2D eigenvalue weighted by atomic mass is 32.2. The summed E-state index contributed by atoms with van der Waals surface area (Å²) in [4.78, 5) is 57.3. The second kappa shape index (κ2) is 17.4. The first-order valence-electron chi connectivity index (χ1n) is 17.3. The number of carbonyl (C=O) groups is 4. The maximum Gasteiger partial charge on any atom is 0.255 e. The molecule has 0 radical (unpaired) electrons. The molecule has 2 aromatic heterocycles. The molecule has 4 heterocycles. The van der Waals surface area contributed by atoms with E-state index < -0.39 is 43.6 Å². The molecule has 55 heavy (non-hydrogen) atoms. The molecule has 0 saturated carbocycles. The second-order valence-corrected chi connectivity index (χ2v) is 16.2. The highest BCUT2D eigenvalue weighted by Crippen LogP contribution is 2.31. The van der Waals surface area contributed by atoms with Crippen molar-refractivity contribution in [2.24, 2.45) is 0 Å². The minimum absolute atomic E-state index is 0.0419. The van der Waals surface area contributed by atoms with Gasteiger partial charge in [0, 0.05) is 77.5 Å². The van der Waals surface area contributed by atoms with Gasteiger partial charge in [0.25, 0.3) is 11.8 Å². The van der Waals surface area contributed by atoms with Crippen molar-refractivity contribution in [3.05, 3.63) is 104 Å². The lowest BCUT2D eigenvalue weighted by Crippen LogP contribution is -2.29. The van der Waals surface area contributed by atoms with Gasteiger partial charge >= 0.3 is 0 Å². The molecule has 2 aliphatic rings. The first kappa shape index (κ1) is 42.4. The topological polar surface area (TPSA) is 262 Å². The minimum Gasteiger partial charge on any atom is -0.748 e. The number of aromatic amines is 2. The Morgan fingerprint density at radius 3 is 1.53 bits per heavy atom. The number of nitrogens with one attached hydrogen (secondary N) is 6. The van der Waals surface area contributed by atoms with E-state index in [0.29, 0.717) is 56.5 Å². The average Bonchev–Trinajstić information content (AvgIpc) is 3.73. The first-order valence-corrected chi connectivity index (χ1v) is 20.4. The highest BCUT2D eigenvalue weighted by molar-refractivity contribution is 7.85. The van der Waals surface area contributed by atoms with Gasteiger partial charge in [-0.2, -0.15) is 0 Å². The molecule has 0 unspecified atom stereocenters. The summed E-state index contributed by atoms with van der Waals surface area (Å²) in [6.07, 6.45) is 7.18. The molecule has 0 saturated heterocycles. The van der Waals surface area contributed by atoms with Crippen LogP contribution in [0.3, 0.4) is 0 Å². The Morgan fingerprint density at radius 1 is 0.673 bits per heavy atom. The molecule has 4 rings (SSSR count). The number of rotatable bonds is 18. The van der Waals surface area contributed by atoms with Gasteiger partial charge in [-0.05, 0) is 80.5 Å². The Hall–Kier alpha value is -5.30. The fraction of sp³-hybridized carbons (Fsp3) is 0.351. The third-order valence-electron chi connectivity index (χ3n) is 9.49. The zero-order valence-corrected chi connectivity index (χ0v) is 32.6. The molecule has 0 fully saturated rings. The number of aromatic nitrogens is 2. The zero-order valence-electron chi connectivity index (χ0n) is 31.0. The van der Waals surface area contributed by atoms with Crippen molar-refractivity contribution in [2.45, 2.75) is 59.8 Å². The number of amides is 4.